The first-order chi connectivity index (χ1) is 13.5. The van der Waals surface area contributed by atoms with Crippen molar-refractivity contribution in [3.05, 3.63) is 75.0 Å². The van der Waals surface area contributed by atoms with Crippen LogP contribution in [0.1, 0.15) is 17.5 Å². The number of benzene rings is 2. The van der Waals surface area contributed by atoms with Crippen LogP contribution < -0.4 is 10.9 Å². The van der Waals surface area contributed by atoms with Crippen LogP contribution in [0, 0.1) is 6.92 Å². The third kappa shape index (κ3) is 4.71. The number of para-hydroxylation sites is 1. The molecule has 0 radical (unpaired) electrons. The van der Waals surface area contributed by atoms with Crippen molar-refractivity contribution in [3.63, 3.8) is 0 Å². The Labute approximate surface area is 167 Å². The molecular weight excluding hydrogens is 378 g/mol. The Morgan fingerprint density at radius 1 is 1.21 bits per heavy atom. The van der Waals surface area contributed by atoms with E-state index in [-0.39, 0.29) is 24.7 Å². The lowest BCUT2D eigenvalue weighted by Gasteiger charge is -2.23. The molecule has 7 heteroatoms. The smallest absolute Gasteiger partial charge is 0.322 e. The Kier molecular flexibility index (Phi) is 6.34. The fourth-order valence-corrected chi connectivity index (χ4v) is 3.15. The summed E-state index contributed by atoms with van der Waals surface area (Å²) in [5.41, 5.74) is 2.56. The van der Waals surface area contributed by atoms with E-state index < -0.39 is 0 Å². The maximum atomic E-state index is 12.8. The van der Waals surface area contributed by atoms with Gasteiger partial charge in [0.05, 0.1) is 17.3 Å². The number of rotatable bonds is 6. The molecule has 0 aliphatic heterocycles. The van der Waals surface area contributed by atoms with E-state index >= 15 is 0 Å². The number of carbonyl (C=O) groups excluding carboxylic acids is 1. The molecular formula is C21H22ClN3O3. The minimum Gasteiger partial charge on any atom is -0.396 e. The zero-order valence-corrected chi connectivity index (χ0v) is 16.3. The van der Waals surface area contributed by atoms with Gasteiger partial charge in [-0.3, -0.25) is 4.79 Å². The van der Waals surface area contributed by atoms with Gasteiger partial charge in [-0.15, -0.1) is 0 Å². The van der Waals surface area contributed by atoms with Crippen LogP contribution in [-0.4, -0.2) is 34.2 Å². The van der Waals surface area contributed by atoms with Crippen molar-refractivity contribution in [2.24, 2.45) is 0 Å². The van der Waals surface area contributed by atoms with Gasteiger partial charge < -0.3 is 20.3 Å². The second-order valence-corrected chi connectivity index (χ2v) is 7.03. The molecule has 3 rings (SSSR count). The SMILES string of the molecule is Cc1ccc2[nH]c(=O)c(CN(CCCO)C(=O)Nc3ccccc3Cl)cc2c1. The van der Waals surface area contributed by atoms with E-state index in [0.29, 0.717) is 29.2 Å². The number of aryl methyl sites for hydroxylation is 1. The van der Waals surface area contributed by atoms with Crippen LogP contribution in [0.15, 0.2) is 53.3 Å². The molecule has 6 nitrogen and oxygen atoms in total. The number of fused-ring (bicyclic) bond motifs is 1. The molecule has 0 saturated carbocycles. The minimum atomic E-state index is -0.384. The molecule has 146 valence electrons. The largest absolute Gasteiger partial charge is 0.396 e. The van der Waals surface area contributed by atoms with Gasteiger partial charge in [-0.2, -0.15) is 0 Å². The number of aromatic nitrogens is 1. The number of amides is 2. The van der Waals surface area contributed by atoms with Gasteiger partial charge in [0.15, 0.2) is 0 Å². The Bertz CT molecular complexity index is 1050. The van der Waals surface area contributed by atoms with E-state index in [9.17, 15) is 14.7 Å². The molecule has 1 aromatic heterocycles. The van der Waals surface area contributed by atoms with E-state index in [0.717, 1.165) is 16.5 Å². The molecule has 28 heavy (non-hydrogen) atoms. The van der Waals surface area contributed by atoms with Crippen molar-refractivity contribution >= 4 is 34.2 Å². The van der Waals surface area contributed by atoms with Crippen LogP contribution in [-0.2, 0) is 6.54 Å². The quantitative estimate of drug-likeness (QED) is 0.587. The summed E-state index contributed by atoms with van der Waals surface area (Å²) in [7, 11) is 0. The molecule has 0 saturated heterocycles. The van der Waals surface area contributed by atoms with Gasteiger partial charge in [-0.1, -0.05) is 35.4 Å². The topological polar surface area (TPSA) is 85.4 Å². The lowest BCUT2D eigenvalue weighted by Crippen LogP contribution is -2.37. The summed E-state index contributed by atoms with van der Waals surface area (Å²) < 4.78 is 0. The van der Waals surface area contributed by atoms with Gasteiger partial charge in [0.2, 0.25) is 0 Å². The number of aliphatic hydroxyl groups is 1. The predicted molar refractivity (Wildman–Crippen MR) is 112 cm³/mol. The predicted octanol–water partition coefficient (Wildman–Crippen LogP) is 3.91. The van der Waals surface area contributed by atoms with Crippen molar-refractivity contribution < 1.29 is 9.90 Å². The number of halogens is 1. The van der Waals surface area contributed by atoms with Gasteiger partial charge >= 0.3 is 6.03 Å². The van der Waals surface area contributed by atoms with Gasteiger partial charge in [-0.25, -0.2) is 4.79 Å². The van der Waals surface area contributed by atoms with Gasteiger partial charge in [0.1, 0.15) is 0 Å². The van der Waals surface area contributed by atoms with Gasteiger partial charge in [-0.05, 0) is 49.1 Å². The number of anilines is 1. The summed E-state index contributed by atoms with van der Waals surface area (Å²) in [6.07, 6.45) is 0.403. The molecule has 0 atom stereocenters. The average Bonchev–Trinajstić information content (AvgIpc) is 2.67. The Balaban J connectivity index is 1.87. The van der Waals surface area contributed by atoms with Crippen molar-refractivity contribution in [1.29, 1.82) is 0 Å². The van der Waals surface area contributed by atoms with Crippen molar-refractivity contribution in [2.45, 2.75) is 19.9 Å². The second kappa shape index (κ2) is 8.91. The average molecular weight is 400 g/mol. The zero-order chi connectivity index (χ0) is 20.1. The highest BCUT2D eigenvalue weighted by atomic mass is 35.5. The lowest BCUT2D eigenvalue weighted by molar-refractivity contribution is 0.199. The van der Waals surface area contributed by atoms with Gasteiger partial charge in [0, 0.05) is 24.2 Å². The number of nitrogens with zero attached hydrogens (tertiary/aromatic N) is 1. The van der Waals surface area contributed by atoms with Crippen molar-refractivity contribution in [2.75, 3.05) is 18.5 Å². The Hall–Kier alpha value is -2.83. The lowest BCUT2D eigenvalue weighted by atomic mass is 10.1. The maximum absolute atomic E-state index is 12.8. The van der Waals surface area contributed by atoms with Crippen molar-refractivity contribution in [1.82, 2.24) is 9.88 Å². The number of aliphatic hydroxyl groups excluding tert-OH is 1. The normalized spacial score (nSPS) is 10.8. The maximum Gasteiger partial charge on any atom is 0.322 e. The molecule has 0 fully saturated rings. The van der Waals surface area contributed by atoms with E-state index in [1.165, 1.54) is 4.90 Å². The number of nitrogens with one attached hydrogen (secondary N) is 2. The molecule has 0 aliphatic rings. The highest BCUT2D eigenvalue weighted by Gasteiger charge is 2.17. The minimum absolute atomic E-state index is 0.0524. The second-order valence-electron chi connectivity index (χ2n) is 6.62. The fourth-order valence-electron chi connectivity index (χ4n) is 2.97. The molecule has 0 spiro atoms. The van der Waals surface area contributed by atoms with Crippen LogP contribution in [0.2, 0.25) is 5.02 Å². The molecule has 3 N–H and O–H groups in total. The molecule has 2 aromatic carbocycles. The number of urea groups is 1. The third-order valence-corrected chi connectivity index (χ3v) is 4.76. The summed E-state index contributed by atoms with van der Waals surface area (Å²) in [4.78, 5) is 29.6. The number of pyridine rings is 1. The van der Waals surface area contributed by atoms with Crippen molar-refractivity contribution in [3.8, 4) is 0 Å². The number of carbonyl (C=O) groups is 1. The van der Waals surface area contributed by atoms with E-state index in [4.69, 9.17) is 11.6 Å². The summed E-state index contributed by atoms with van der Waals surface area (Å²) in [6, 6.07) is 14.1. The van der Waals surface area contributed by atoms with Crippen LogP contribution >= 0.6 is 11.6 Å². The van der Waals surface area contributed by atoms with Crippen LogP contribution in [0.5, 0.6) is 0 Å². The van der Waals surface area contributed by atoms with Gasteiger partial charge in [0.25, 0.3) is 5.56 Å². The molecule has 0 bridgehead atoms. The highest BCUT2D eigenvalue weighted by Crippen LogP contribution is 2.21. The summed E-state index contributed by atoms with van der Waals surface area (Å²) in [5, 5.41) is 13.3. The fraction of sp³-hybridized carbons (Fsp3) is 0.238. The monoisotopic (exact) mass is 399 g/mol. The summed E-state index contributed by atoms with van der Waals surface area (Å²) in [6.45, 7) is 2.35. The first kappa shape index (κ1) is 19.9. The molecule has 1 heterocycles. The Morgan fingerprint density at radius 3 is 2.75 bits per heavy atom. The molecule has 3 aromatic rings. The zero-order valence-electron chi connectivity index (χ0n) is 15.5. The highest BCUT2D eigenvalue weighted by molar-refractivity contribution is 6.33. The number of hydrogen-bond acceptors (Lipinski definition) is 3. The summed E-state index contributed by atoms with van der Waals surface area (Å²) >= 11 is 6.11. The van der Waals surface area contributed by atoms with Crippen LogP contribution in [0.4, 0.5) is 10.5 Å². The molecule has 2 amide bonds. The third-order valence-electron chi connectivity index (χ3n) is 4.43. The summed E-state index contributed by atoms with van der Waals surface area (Å²) in [5.74, 6) is 0. The first-order valence-electron chi connectivity index (χ1n) is 9.02. The number of aromatic amines is 1. The van der Waals surface area contributed by atoms with Crippen LogP contribution in [0.3, 0.4) is 0 Å². The number of hydrogen-bond donors (Lipinski definition) is 3. The van der Waals surface area contributed by atoms with E-state index in [2.05, 4.69) is 10.3 Å². The standard InChI is InChI=1S/C21H22ClN3O3/c1-14-7-8-18-15(11-14)12-16(20(27)23-18)13-25(9-4-10-26)21(28)24-19-6-3-2-5-17(19)22/h2-3,5-8,11-12,26H,4,9-10,13H2,1H3,(H,23,27)(H,24,28). The number of H-pyrrole nitrogens is 1. The molecule has 0 aliphatic carbocycles. The van der Waals surface area contributed by atoms with E-state index in [1.54, 1.807) is 30.3 Å². The Morgan fingerprint density at radius 2 is 2.00 bits per heavy atom. The molecule has 0 unspecified atom stereocenters. The first-order valence-corrected chi connectivity index (χ1v) is 9.39. The van der Waals surface area contributed by atoms with Crippen LogP contribution in [0.25, 0.3) is 10.9 Å². The van der Waals surface area contributed by atoms with E-state index in [1.807, 2.05) is 25.1 Å².